The Morgan fingerprint density at radius 1 is 1.30 bits per heavy atom. The number of esters is 1. The second-order valence-corrected chi connectivity index (χ2v) is 7.83. The fraction of sp³-hybridized carbons (Fsp3) is 0.429. The molecule has 0 amide bonds. The fourth-order valence-corrected chi connectivity index (χ4v) is 4.08. The summed E-state index contributed by atoms with van der Waals surface area (Å²) in [6.07, 6.45) is 0.761. The van der Waals surface area contributed by atoms with Crippen LogP contribution in [0.25, 0.3) is 0 Å². The van der Waals surface area contributed by atoms with Crippen molar-refractivity contribution < 1.29 is 23.1 Å². The van der Waals surface area contributed by atoms with Crippen LogP contribution in [0.3, 0.4) is 0 Å². The molecule has 1 heterocycles. The van der Waals surface area contributed by atoms with Crippen LogP contribution in [0, 0.1) is 23.0 Å². The molecule has 0 saturated heterocycles. The third-order valence-electron chi connectivity index (χ3n) is 5.10. The van der Waals surface area contributed by atoms with E-state index in [2.05, 4.69) is 11.9 Å². The molecule has 0 saturated carbocycles. The molecule has 144 valence electrons. The summed E-state index contributed by atoms with van der Waals surface area (Å²) in [5.41, 5.74) is 0.528. The van der Waals surface area contributed by atoms with Crippen LogP contribution in [-0.4, -0.2) is 18.4 Å². The Kier molecular flexibility index (Phi) is 4.93. The number of carbonyl (C=O) groups excluding carboxylic acids is 2. The lowest BCUT2D eigenvalue weighted by atomic mass is 9.66. The van der Waals surface area contributed by atoms with Gasteiger partial charge in [-0.1, -0.05) is 26.5 Å². The summed E-state index contributed by atoms with van der Waals surface area (Å²) in [5, 5.41) is 3.05. The first kappa shape index (κ1) is 19.3. The van der Waals surface area contributed by atoms with Crippen molar-refractivity contribution in [3.63, 3.8) is 0 Å². The number of nitrogens with one attached hydrogen (secondary N) is 1. The van der Waals surface area contributed by atoms with Crippen molar-refractivity contribution in [3.8, 4) is 0 Å². The van der Waals surface area contributed by atoms with E-state index >= 15 is 0 Å². The van der Waals surface area contributed by atoms with Crippen LogP contribution in [0.5, 0.6) is 0 Å². The molecule has 1 aliphatic heterocycles. The summed E-state index contributed by atoms with van der Waals surface area (Å²) < 4.78 is 34.4. The van der Waals surface area contributed by atoms with Gasteiger partial charge in [0.15, 0.2) is 5.78 Å². The van der Waals surface area contributed by atoms with Gasteiger partial charge in [-0.05, 0) is 30.9 Å². The Hall–Kier alpha value is -2.50. The second kappa shape index (κ2) is 6.91. The minimum Gasteiger partial charge on any atom is -0.465 e. The first-order valence-corrected chi connectivity index (χ1v) is 8.99. The van der Waals surface area contributed by atoms with Gasteiger partial charge < -0.3 is 10.1 Å². The van der Waals surface area contributed by atoms with Gasteiger partial charge in [-0.25, -0.2) is 8.78 Å². The topological polar surface area (TPSA) is 55.4 Å². The van der Waals surface area contributed by atoms with Crippen LogP contribution >= 0.6 is 0 Å². The van der Waals surface area contributed by atoms with E-state index in [-0.39, 0.29) is 41.1 Å². The number of carbonyl (C=O) groups is 2. The average molecular weight is 375 g/mol. The van der Waals surface area contributed by atoms with Crippen molar-refractivity contribution in [2.24, 2.45) is 11.3 Å². The summed E-state index contributed by atoms with van der Waals surface area (Å²) in [6, 6.07) is 3.51. The van der Waals surface area contributed by atoms with Crippen LogP contribution in [0.1, 0.15) is 45.1 Å². The minimum absolute atomic E-state index is 0.113. The van der Waals surface area contributed by atoms with E-state index < -0.39 is 29.4 Å². The standard InChI is InChI=1S/C21H23F2NO3/c1-5-27-20(26)16-11(2)24-14-9-21(3,4)10-15(25)18(14)19(16)17-12(22)7-6-8-13(17)23/h6-8,16,19,24H,2,5,9-10H2,1,3-4H3. The van der Waals surface area contributed by atoms with Gasteiger partial charge in [0.1, 0.15) is 17.6 Å². The third-order valence-corrected chi connectivity index (χ3v) is 5.10. The first-order valence-electron chi connectivity index (χ1n) is 8.99. The van der Waals surface area contributed by atoms with E-state index in [4.69, 9.17) is 4.74 Å². The summed E-state index contributed by atoms with van der Waals surface area (Å²) in [7, 11) is 0. The molecule has 0 bridgehead atoms. The highest BCUT2D eigenvalue weighted by Gasteiger charge is 2.48. The number of hydrogen-bond acceptors (Lipinski definition) is 4. The molecule has 1 aromatic carbocycles. The Morgan fingerprint density at radius 2 is 1.93 bits per heavy atom. The normalized spacial score (nSPS) is 24.3. The molecule has 1 aromatic rings. The van der Waals surface area contributed by atoms with Crippen molar-refractivity contribution in [2.45, 2.75) is 39.5 Å². The number of halogens is 2. The molecule has 0 fully saturated rings. The number of Topliss-reactive ketones (excluding diaryl/α,β-unsaturated/α-hetero) is 1. The fourth-order valence-electron chi connectivity index (χ4n) is 4.08. The van der Waals surface area contributed by atoms with E-state index in [1.54, 1.807) is 6.92 Å². The number of rotatable bonds is 3. The van der Waals surface area contributed by atoms with Crippen molar-refractivity contribution in [2.75, 3.05) is 6.61 Å². The Balaban J connectivity index is 2.24. The maximum Gasteiger partial charge on any atom is 0.315 e. The zero-order chi connectivity index (χ0) is 19.9. The highest BCUT2D eigenvalue weighted by atomic mass is 19.1. The average Bonchev–Trinajstić information content (AvgIpc) is 2.52. The van der Waals surface area contributed by atoms with Gasteiger partial charge >= 0.3 is 5.97 Å². The van der Waals surface area contributed by atoms with Crippen molar-refractivity contribution in [1.29, 1.82) is 0 Å². The van der Waals surface area contributed by atoms with Crippen molar-refractivity contribution in [3.05, 3.63) is 58.9 Å². The van der Waals surface area contributed by atoms with E-state index in [0.29, 0.717) is 12.1 Å². The van der Waals surface area contributed by atoms with Gasteiger partial charge in [0.2, 0.25) is 0 Å². The predicted molar refractivity (Wildman–Crippen MR) is 96.5 cm³/mol. The van der Waals surface area contributed by atoms with Crippen LogP contribution < -0.4 is 5.32 Å². The SMILES string of the molecule is C=C1NC2=C(C(=O)CC(C)(C)C2)C(c2c(F)cccc2F)C1C(=O)OCC. The monoisotopic (exact) mass is 375 g/mol. The lowest BCUT2D eigenvalue weighted by molar-refractivity contribution is -0.147. The Morgan fingerprint density at radius 3 is 2.52 bits per heavy atom. The van der Waals surface area contributed by atoms with Crippen LogP contribution in [-0.2, 0) is 14.3 Å². The van der Waals surface area contributed by atoms with Gasteiger partial charge in [-0.15, -0.1) is 0 Å². The molecule has 0 spiro atoms. The van der Waals surface area contributed by atoms with Crippen LogP contribution in [0.2, 0.25) is 0 Å². The third kappa shape index (κ3) is 3.40. The summed E-state index contributed by atoms with van der Waals surface area (Å²) in [5.74, 6) is -4.66. The summed E-state index contributed by atoms with van der Waals surface area (Å²) in [6.45, 7) is 9.56. The summed E-state index contributed by atoms with van der Waals surface area (Å²) in [4.78, 5) is 25.6. The van der Waals surface area contributed by atoms with Crippen LogP contribution in [0.4, 0.5) is 8.78 Å². The highest BCUT2D eigenvalue weighted by Crippen LogP contribution is 2.49. The largest absolute Gasteiger partial charge is 0.465 e. The molecule has 1 aliphatic carbocycles. The smallest absolute Gasteiger partial charge is 0.315 e. The molecule has 0 aromatic heterocycles. The quantitative estimate of drug-likeness (QED) is 0.812. The lowest BCUT2D eigenvalue weighted by Crippen LogP contribution is -2.44. The maximum atomic E-state index is 14.6. The number of hydrogen-bond donors (Lipinski definition) is 1. The molecule has 27 heavy (non-hydrogen) atoms. The van der Waals surface area contributed by atoms with Gasteiger partial charge in [0.05, 0.1) is 6.61 Å². The van der Waals surface area contributed by atoms with Crippen molar-refractivity contribution >= 4 is 11.8 Å². The predicted octanol–water partition coefficient (Wildman–Crippen LogP) is 3.99. The zero-order valence-corrected chi connectivity index (χ0v) is 15.7. The van der Waals surface area contributed by atoms with E-state index in [9.17, 15) is 18.4 Å². The molecule has 4 nitrogen and oxygen atoms in total. The van der Waals surface area contributed by atoms with Crippen molar-refractivity contribution in [1.82, 2.24) is 5.32 Å². The Bertz CT molecular complexity index is 837. The van der Waals surface area contributed by atoms with Gasteiger partial charge in [0.25, 0.3) is 0 Å². The van der Waals surface area contributed by atoms with Gasteiger partial charge in [0, 0.05) is 34.9 Å². The van der Waals surface area contributed by atoms with Gasteiger partial charge in [-0.3, -0.25) is 9.59 Å². The molecular formula is C21H23F2NO3. The molecule has 3 rings (SSSR count). The maximum absolute atomic E-state index is 14.6. The van der Waals surface area contributed by atoms with E-state index in [1.807, 2.05) is 13.8 Å². The lowest BCUT2D eigenvalue weighted by Gasteiger charge is -2.42. The zero-order valence-electron chi connectivity index (χ0n) is 15.7. The summed E-state index contributed by atoms with van der Waals surface area (Å²) >= 11 is 0. The first-order chi connectivity index (χ1) is 12.7. The molecule has 2 aliphatic rings. The van der Waals surface area contributed by atoms with E-state index in [0.717, 1.165) is 12.1 Å². The molecule has 6 heteroatoms. The number of allylic oxidation sites excluding steroid dienone is 2. The Labute approximate surface area is 157 Å². The highest BCUT2D eigenvalue weighted by molar-refractivity contribution is 6.00. The molecule has 2 atom stereocenters. The molecular weight excluding hydrogens is 352 g/mol. The molecule has 1 N–H and O–H groups in total. The number of ketones is 1. The minimum atomic E-state index is -1.10. The molecule has 2 unspecified atom stereocenters. The van der Waals surface area contributed by atoms with Gasteiger partial charge in [-0.2, -0.15) is 0 Å². The molecule has 0 radical (unpaired) electrons. The second-order valence-electron chi connectivity index (χ2n) is 7.83. The number of ether oxygens (including phenoxy) is 1. The van der Waals surface area contributed by atoms with E-state index in [1.165, 1.54) is 6.07 Å². The number of benzene rings is 1. The van der Waals surface area contributed by atoms with Crippen LogP contribution in [0.15, 0.2) is 41.7 Å².